The number of pyridine rings is 1. The van der Waals surface area contributed by atoms with E-state index in [9.17, 15) is 14.7 Å². The number of carbonyl (C=O) groups excluding carboxylic acids is 2. The molecule has 0 radical (unpaired) electrons. The van der Waals surface area contributed by atoms with Crippen molar-refractivity contribution in [2.24, 2.45) is 0 Å². The summed E-state index contributed by atoms with van der Waals surface area (Å²) in [7, 11) is 0. The number of ketones is 1. The van der Waals surface area contributed by atoms with Crippen LogP contribution in [0.15, 0.2) is 79.0 Å². The predicted molar refractivity (Wildman–Crippen MR) is 125 cm³/mol. The van der Waals surface area contributed by atoms with E-state index in [1.807, 2.05) is 37.3 Å². The van der Waals surface area contributed by atoms with Crippen molar-refractivity contribution in [3.63, 3.8) is 0 Å². The number of nitrogens with one attached hydrogen (secondary N) is 1. The molecule has 0 spiro atoms. The van der Waals surface area contributed by atoms with Crippen molar-refractivity contribution < 1.29 is 14.7 Å². The van der Waals surface area contributed by atoms with E-state index in [1.54, 1.807) is 48.7 Å². The zero-order valence-electron chi connectivity index (χ0n) is 17.6. The Morgan fingerprint density at radius 3 is 2.56 bits per heavy atom. The maximum atomic E-state index is 13.3. The van der Waals surface area contributed by atoms with Crippen molar-refractivity contribution in [1.82, 2.24) is 10.3 Å². The number of aryl methyl sites for hydroxylation is 1. The number of aromatic nitrogens is 1. The fraction of sp³-hybridized carbons (Fsp3) is 0.115. The lowest BCUT2D eigenvalue weighted by Gasteiger charge is -2.14. The number of benzene rings is 3. The first-order chi connectivity index (χ1) is 15.4. The van der Waals surface area contributed by atoms with Gasteiger partial charge in [0.15, 0.2) is 5.78 Å². The monoisotopic (exact) mass is 425 g/mol. The van der Waals surface area contributed by atoms with Gasteiger partial charge < -0.3 is 16.2 Å². The van der Waals surface area contributed by atoms with Crippen molar-refractivity contribution in [1.29, 1.82) is 0 Å². The number of aliphatic hydroxyl groups excluding tert-OH is 1. The maximum absolute atomic E-state index is 13.3. The molecule has 1 amide bonds. The molecular weight excluding hydrogens is 402 g/mol. The molecule has 1 aromatic heterocycles. The number of aliphatic hydroxyl groups is 1. The smallest absolute Gasteiger partial charge is 0.252 e. The summed E-state index contributed by atoms with van der Waals surface area (Å²) in [6.45, 7) is 1.89. The highest BCUT2D eigenvalue weighted by Crippen LogP contribution is 2.23. The minimum absolute atomic E-state index is 0.0303. The van der Waals surface area contributed by atoms with Gasteiger partial charge in [0.1, 0.15) is 5.82 Å². The topological polar surface area (TPSA) is 105 Å². The van der Waals surface area contributed by atoms with Crippen LogP contribution in [0.2, 0.25) is 0 Å². The summed E-state index contributed by atoms with van der Waals surface area (Å²) in [5.74, 6) is -0.368. The molecule has 160 valence electrons. The van der Waals surface area contributed by atoms with E-state index in [2.05, 4.69) is 10.3 Å². The Kier molecular flexibility index (Phi) is 5.96. The molecule has 0 aliphatic heterocycles. The molecule has 32 heavy (non-hydrogen) atoms. The van der Waals surface area contributed by atoms with Gasteiger partial charge in [-0.25, -0.2) is 4.98 Å². The van der Waals surface area contributed by atoms with Crippen LogP contribution in [0, 0.1) is 6.92 Å². The third kappa shape index (κ3) is 4.36. The normalized spacial score (nSPS) is 11.8. The first-order valence-electron chi connectivity index (χ1n) is 10.2. The van der Waals surface area contributed by atoms with E-state index in [0.29, 0.717) is 27.9 Å². The number of rotatable bonds is 6. The Hall–Kier alpha value is -4.03. The van der Waals surface area contributed by atoms with Crippen LogP contribution < -0.4 is 11.1 Å². The van der Waals surface area contributed by atoms with Crippen LogP contribution >= 0.6 is 0 Å². The molecule has 1 heterocycles. The summed E-state index contributed by atoms with van der Waals surface area (Å²) in [5.41, 5.74) is 8.49. The van der Waals surface area contributed by atoms with Crippen LogP contribution in [0.5, 0.6) is 0 Å². The van der Waals surface area contributed by atoms with Gasteiger partial charge >= 0.3 is 0 Å². The largest absolute Gasteiger partial charge is 0.387 e. The Bertz CT molecular complexity index is 1300. The molecule has 0 saturated carbocycles. The highest BCUT2D eigenvalue weighted by atomic mass is 16.3. The highest BCUT2D eigenvalue weighted by Gasteiger charge is 2.20. The van der Waals surface area contributed by atoms with Gasteiger partial charge in [0, 0.05) is 29.3 Å². The number of nitrogens with two attached hydrogens (primary N) is 1. The quantitative estimate of drug-likeness (QED) is 0.407. The SMILES string of the molecule is Cc1ccc(C(=O)NC[C@H](O)c2ccccc2)c(C(=O)c2ccc3ccnc(N)c3c2)c1. The second kappa shape index (κ2) is 8.99. The van der Waals surface area contributed by atoms with E-state index in [1.165, 1.54) is 0 Å². The number of anilines is 1. The van der Waals surface area contributed by atoms with Gasteiger partial charge in [0.2, 0.25) is 0 Å². The van der Waals surface area contributed by atoms with Crippen molar-refractivity contribution in [3.8, 4) is 0 Å². The second-order valence-electron chi connectivity index (χ2n) is 7.65. The molecule has 6 heteroatoms. The Morgan fingerprint density at radius 1 is 1.00 bits per heavy atom. The van der Waals surface area contributed by atoms with Crippen molar-refractivity contribution in [3.05, 3.63) is 107 Å². The fourth-order valence-corrected chi connectivity index (χ4v) is 3.61. The number of nitrogen functional groups attached to an aromatic ring is 1. The Balaban J connectivity index is 1.61. The van der Waals surface area contributed by atoms with E-state index in [0.717, 1.165) is 10.9 Å². The van der Waals surface area contributed by atoms with Crippen LogP contribution in [0.1, 0.15) is 43.5 Å². The van der Waals surface area contributed by atoms with Gasteiger partial charge in [-0.1, -0.05) is 54.1 Å². The molecule has 4 N–H and O–H groups in total. The van der Waals surface area contributed by atoms with E-state index >= 15 is 0 Å². The fourth-order valence-electron chi connectivity index (χ4n) is 3.61. The third-order valence-corrected chi connectivity index (χ3v) is 5.36. The average molecular weight is 425 g/mol. The van der Waals surface area contributed by atoms with Crippen molar-refractivity contribution >= 4 is 28.3 Å². The predicted octanol–water partition coefficient (Wildman–Crippen LogP) is 3.82. The van der Waals surface area contributed by atoms with Gasteiger partial charge in [-0.05, 0) is 42.1 Å². The number of hydrogen-bond donors (Lipinski definition) is 3. The van der Waals surface area contributed by atoms with E-state index in [-0.39, 0.29) is 17.9 Å². The van der Waals surface area contributed by atoms with Gasteiger partial charge in [0.25, 0.3) is 5.91 Å². The molecule has 0 saturated heterocycles. The minimum Gasteiger partial charge on any atom is -0.387 e. The Morgan fingerprint density at radius 2 is 1.78 bits per heavy atom. The first kappa shape index (κ1) is 21.2. The van der Waals surface area contributed by atoms with Crippen LogP contribution in [-0.4, -0.2) is 28.3 Å². The van der Waals surface area contributed by atoms with Crippen molar-refractivity contribution in [2.45, 2.75) is 13.0 Å². The number of amides is 1. The second-order valence-corrected chi connectivity index (χ2v) is 7.65. The summed E-state index contributed by atoms with van der Waals surface area (Å²) < 4.78 is 0. The van der Waals surface area contributed by atoms with Crippen LogP contribution in [-0.2, 0) is 0 Å². The first-order valence-corrected chi connectivity index (χ1v) is 10.2. The van der Waals surface area contributed by atoms with Gasteiger partial charge in [-0.2, -0.15) is 0 Å². The number of fused-ring (bicyclic) bond motifs is 1. The summed E-state index contributed by atoms with van der Waals surface area (Å²) in [6.07, 6.45) is 0.771. The zero-order chi connectivity index (χ0) is 22.7. The standard InChI is InChI=1S/C26H23N3O3/c1-16-7-10-20(26(32)29-15-23(30)18-5-3-2-4-6-18)22(13-16)24(31)19-9-8-17-11-12-28-25(27)21(17)14-19/h2-14,23,30H,15H2,1H3,(H2,27,28)(H,29,32)/t23-/m0/s1. The lowest BCUT2D eigenvalue weighted by Crippen LogP contribution is -2.29. The van der Waals surface area contributed by atoms with Crippen LogP contribution in [0.4, 0.5) is 5.82 Å². The molecule has 1 atom stereocenters. The summed E-state index contributed by atoms with van der Waals surface area (Å²) in [4.78, 5) is 30.3. The van der Waals surface area contributed by atoms with Crippen LogP contribution in [0.25, 0.3) is 10.8 Å². The molecule has 0 bridgehead atoms. The Labute approximate surface area is 185 Å². The van der Waals surface area contributed by atoms with Gasteiger partial charge in [-0.3, -0.25) is 9.59 Å². The number of hydrogen-bond acceptors (Lipinski definition) is 5. The molecule has 4 aromatic rings. The molecule has 0 aliphatic rings. The maximum Gasteiger partial charge on any atom is 0.252 e. The lowest BCUT2D eigenvalue weighted by atomic mass is 9.94. The molecule has 0 unspecified atom stereocenters. The molecular formula is C26H23N3O3. The van der Waals surface area contributed by atoms with E-state index < -0.39 is 12.0 Å². The summed E-state index contributed by atoms with van der Waals surface area (Å²) >= 11 is 0. The third-order valence-electron chi connectivity index (χ3n) is 5.36. The van der Waals surface area contributed by atoms with Gasteiger partial charge in [-0.15, -0.1) is 0 Å². The molecule has 0 fully saturated rings. The van der Waals surface area contributed by atoms with Gasteiger partial charge in [0.05, 0.1) is 11.7 Å². The molecule has 6 nitrogen and oxygen atoms in total. The molecule has 4 rings (SSSR count). The number of nitrogens with zero attached hydrogens (tertiary/aromatic N) is 1. The van der Waals surface area contributed by atoms with Crippen molar-refractivity contribution in [2.75, 3.05) is 12.3 Å². The lowest BCUT2D eigenvalue weighted by molar-refractivity contribution is 0.0908. The molecule has 3 aromatic carbocycles. The minimum atomic E-state index is -0.847. The zero-order valence-corrected chi connectivity index (χ0v) is 17.6. The van der Waals surface area contributed by atoms with Crippen LogP contribution in [0.3, 0.4) is 0 Å². The number of carbonyl (C=O) groups is 2. The molecule has 0 aliphatic carbocycles. The highest BCUT2D eigenvalue weighted by molar-refractivity contribution is 6.16. The average Bonchev–Trinajstić information content (AvgIpc) is 2.82. The van der Waals surface area contributed by atoms with E-state index in [4.69, 9.17) is 5.73 Å². The summed E-state index contributed by atoms with van der Waals surface area (Å²) in [6, 6.07) is 21.2. The summed E-state index contributed by atoms with van der Waals surface area (Å²) in [5, 5.41) is 14.6.